The van der Waals surface area contributed by atoms with Gasteiger partial charge in [0.05, 0.1) is 0 Å². The van der Waals surface area contributed by atoms with Crippen molar-refractivity contribution in [2.24, 2.45) is 0 Å². The average molecular weight is 478 g/mol. The molecule has 0 spiro atoms. The summed E-state index contributed by atoms with van der Waals surface area (Å²) < 4.78 is 68.6. The van der Waals surface area contributed by atoms with Gasteiger partial charge in [0.2, 0.25) is 0 Å². The third-order valence-corrected chi connectivity index (χ3v) is 7.59. The van der Waals surface area contributed by atoms with Gasteiger partial charge in [0.25, 0.3) is 0 Å². The summed E-state index contributed by atoms with van der Waals surface area (Å²) in [4.78, 5) is 0. The Bertz CT molecular complexity index is 1500. The van der Waals surface area contributed by atoms with Crippen LogP contribution in [0.4, 0.5) is 13.2 Å². The largest absolute Gasteiger partial charge is 0.534 e. The highest BCUT2D eigenvalue weighted by molar-refractivity contribution is 7.88. The van der Waals surface area contributed by atoms with Crippen LogP contribution in [0.1, 0.15) is 45.2 Å². The van der Waals surface area contributed by atoms with E-state index in [-0.39, 0.29) is 11.7 Å². The predicted octanol–water partition coefficient (Wildman–Crippen LogP) is 6.57. The average Bonchev–Trinajstić information content (AvgIpc) is 2.83. The second-order valence-electron chi connectivity index (χ2n) is 8.41. The van der Waals surface area contributed by atoms with E-state index in [0.29, 0.717) is 5.56 Å². The number of alkyl halides is 3. The molecule has 4 aromatic rings. The van der Waals surface area contributed by atoms with Crippen molar-refractivity contribution in [2.75, 3.05) is 0 Å². The van der Waals surface area contributed by atoms with Gasteiger partial charge in [-0.1, -0.05) is 84.9 Å². The number of hydrogen-bond acceptors (Lipinski definition) is 3. The Morgan fingerprint density at radius 3 is 1.59 bits per heavy atom. The highest BCUT2D eigenvalue weighted by Gasteiger charge is 2.50. The van der Waals surface area contributed by atoms with Crippen LogP contribution in [0.3, 0.4) is 0 Å². The summed E-state index contributed by atoms with van der Waals surface area (Å²) in [6.45, 7) is 0. The summed E-state index contributed by atoms with van der Waals surface area (Å²) in [5.74, 6) is -1.000. The second-order valence-corrected chi connectivity index (χ2v) is 9.95. The zero-order valence-corrected chi connectivity index (χ0v) is 18.4. The van der Waals surface area contributed by atoms with E-state index in [4.69, 9.17) is 4.18 Å². The van der Waals surface area contributed by atoms with Crippen molar-refractivity contribution in [3.8, 4) is 16.9 Å². The van der Waals surface area contributed by atoms with Gasteiger partial charge in [-0.15, -0.1) is 0 Å². The van der Waals surface area contributed by atoms with E-state index in [1.807, 2.05) is 78.9 Å². The predicted molar refractivity (Wildman–Crippen MR) is 122 cm³/mol. The number of benzene rings is 4. The fourth-order valence-electron chi connectivity index (χ4n) is 5.36. The van der Waals surface area contributed by atoms with Gasteiger partial charge in [-0.25, -0.2) is 0 Å². The second kappa shape index (κ2) is 7.21. The minimum absolute atomic E-state index is 0.264. The maximum atomic E-state index is 13.2. The van der Waals surface area contributed by atoms with E-state index < -0.39 is 21.5 Å². The Labute approximate surface area is 194 Å². The first-order chi connectivity index (χ1) is 16.3. The van der Waals surface area contributed by atoms with Crippen molar-refractivity contribution < 1.29 is 25.8 Å². The van der Waals surface area contributed by atoms with Crippen LogP contribution >= 0.6 is 0 Å². The van der Waals surface area contributed by atoms with Crippen molar-refractivity contribution in [3.63, 3.8) is 0 Å². The highest BCUT2D eigenvalue weighted by atomic mass is 32.2. The molecule has 0 radical (unpaired) electrons. The molecule has 34 heavy (non-hydrogen) atoms. The SMILES string of the molecule is O=S(=O)(Oc1ccc(-c2ccccc2)c2c1C1c3ccccc3C2c2ccccc21)C(F)(F)F. The Hall–Kier alpha value is -3.58. The van der Waals surface area contributed by atoms with Crippen LogP contribution in [0.5, 0.6) is 5.75 Å². The quantitative estimate of drug-likeness (QED) is 0.213. The van der Waals surface area contributed by atoms with Gasteiger partial charge in [0, 0.05) is 17.4 Å². The lowest BCUT2D eigenvalue weighted by Crippen LogP contribution is -2.31. The van der Waals surface area contributed by atoms with Crippen LogP contribution in [0.2, 0.25) is 0 Å². The van der Waals surface area contributed by atoms with Crippen molar-refractivity contribution in [1.82, 2.24) is 0 Å². The van der Waals surface area contributed by atoms with E-state index in [1.165, 1.54) is 6.07 Å². The van der Waals surface area contributed by atoms with Crippen LogP contribution in [0.25, 0.3) is 11.1 Å². The summed E-state index contributed by atoms with van der Waals surface area (Å²) in [5.41, 5.74) is 1.47. The highest BCUT2D eigenvalue weighted by Crippen LogP contribution is 2.60. The first kappa shape index (κ1) is 21.0. The Kier molecular flexibility index (Phi) is 4.45. The number of halogens is 3. The molecule has 0 atom stereocenters. The van der Waals surface area contributed by atoms with Gasteiger partial charge in [0.1, 0.15) is 5.75 Å². The van der Waals surface area contributed by atoms with Gasteiger partial charge < -0.3 is 4.18 Å². The summed E-state index contributed by atoms with van der Waals surface area (Å²) in [7, 11) is -5.83. The van der Waals surface area contributed by atoms with E-state index in [2.05, 4.69) is 0 Å². The Balaban J connectivity index is 1.69. The molecule has 7 rings (SSSR count). The number of hydrogen-bond donors (Lipinski definition) is 0. The summed E-state index contributed by atoms with van der Waals surface area (Å²) in [6, 6.07) is 28.1. The standard InChI is InChI=1S/C27H17F3O3S/c28-27(29,30)34(31,32)33-22-15-14-17(16-8-2-1-3-9-16)25-23-18-10-4-6-12-20(18)24(26(22)25)21-13-7-5-11-19(21)23/h1-15,23-24H. The molecule has 0 aromatic heterocycles. The van der Waals surface area contributed by atoms with Gasteiger partial charge in [-0.2, -0.15) is 21.6 Å². The monoisotopic (exact) mass is 478 g/mol. The topological polar surface area (TPSA) is 43.4 Å². The molecule has 0 saturated carbocycles. The minimum atomic E-state index is -5.83. The molecule has 3 nitrogen and oxygen atoms in total. The fourth-order valence-corrected chi connectivity index (χ4v) is 5.84. The van der Waals surface area contributed by atoms with Crippen LogP contribution in [0, 0.1) is 0 Å². The summed E-state index contributed by atoms with van der Waals surface area (Å²) in [6.07, 6.45) is 0. The molecule has 0 N–H and O–H groups in total. The first-order valence-corrected chi connectivity index (χ1v) is 12.1. The van der Waals surface area contributed by atoms with Crippen LogP contribution < -0.4 is 4.18 Å². The normalized spacial score (nSPS) is 18.1. The van der Waals surface area contributed by atoms with E-state index in [1.54, 1.807) is 6.07 Å². The van der Waals surface area contributed by atoms with Crippen molar-refractivity contribution in [1.29, 1.82) is 0 Å². The lowest BCUT2D eigenvalue weighted by molar-refractivity contribution is -0.0500. The molecule has 0 heterocycles. The maximum absolute atomic E-state index is 13.2. The molecule has 170 valence electrons. The van der Waals surface area contributed by atoms with Crippen molar-refractivity contribution >= 4 is 10.1 Å². The van der Waals surface area contributed by atoms with Crippen molar-refractivity contribution in [3.05, 3.63) is 124 Å². The molecule has 3 aliphatic carbocycles. The Morgan fingerprint density at radius 2 is 1.09 bits per heavy atom. The third-order valence-electron chi connectivity index (χ3n) is 6.63. The van der Waals surface area contributed by atoms with E-state index in [0.717, 1.165) is 38.9 Å². The van der Waals surface area contributed by atoms with Gasteiger partial charge in [0.15, 0.2) is 0 Å². The molecule has 3 aliphatic rings. The van der Waals surface area contributed by atoms with Crippen LogP contribution in [0.15, 0.2) is 91.0 Å². The molecule has 0 amide bonds. The summed E-state index contributed by atoms with van der Waals surface area (Å²) in [5, 5.41) is 0. The smallest absolute Gasteiger partial charge is 0.376 e. The maximum Gasteiger partial charge on any atom is 0.534 e. The fraction of sp³-hybridized carbons (Fsp3) is 0.111. The van der Waals surface area contributed by atoms with Crippen molar-refractivity contribution in [2.45, 2.75) is 17.3 Å². The molecule has 2 bridgehead atoms. The molecule has 0 saturated heterocycles. The molecule has 4 aromatic carbocycles. The van der Waals surface area contributed by atoms with Gasteiger partial charge in [-0.3, -0.25) is 0 Å². The zero-order valence-electron chi connectivity index (χ0n) is 17.6. The Morgan fingerprint density at radius 1 is 0.618 bits per heavy atom. The van der Waals surface area contributed by atoms with Gasteiger partial charge in [-0.05, 0) is 45.0 Å². The molecule has 0 fully saturated rings. The third kappa shape index (κ3) is 2.93. The van der Waals surface area contributed by atoms with E-state index in [9.17, 15) is 21.6 Å². The van der Waals surface area contributed by atoms with E-state index >= 15 is 0 Å². The van der Waals surface area contributed by atoms with Crippen LogP contribution in [-0.4, -0.2) is 13.9 Å². The lowest BCUT2D eigenvalue weighted by Gasteiger charge is -2.43. The molecular formula is C27H17F3O3S. The molecule has 0 unspecified atom stereocenters. The van der Waals surface area contributed by atoms with Gasteiger partial charge >= 0.3 is 15.6 Å². The minimum Gasteiger partial charge on any atom is -0.376 e. The molecule has 0 aliphatic heterocycles. The summed E-state index contributed by atoms with van der Waals surface area (Å²) >= 11 is 0. The molecule has 7 heteroatoms. The first-order valence-electron chi connectivity index (χ1n) is 10.7. The molecular weight excluding hydrogens is 461 g/mol. The lowest BCUT2D eigenvalue weighted by atomic mass is 9.59. The van der Waals surface area contributed by atoms with Crippen LogP contribution in [-0.2, 0) is 10.1 Å². The zero-order chi connectivity index (χ0) is 23.7. The number of rotatable bonds is 3.